The minimum absolute atomic E-state index is 0.00543. The molecule has 0 spiro atoms. The Morgan fingerprint density at radius 2 is 1.96 bits per heavy atom. The molecule has 7 nitrogen and oxygen atoms in total. The second-order valence-electron chi connectivity index (χ2n) is 4.69. The van der Waals surface area contributed by atoms with Crippen molar-refractivity contribution in [1.29, 1.82) is 0 Å². The van der Waals surface area contributed by atoms with Gasteiger partial charge in [0.05, 0.1) is 20.4 Å². The molecular formula is C17H18N2O5. The zero-order valence-corrected chi connectivity index (χ0v) is 13.4. The summed E-state index contributed by atoms with van der Waals surface area (Å²) in [5.41, 5.74) is 2.95. The number of phenolic OH excluding ortho intramolecular Hbond substituents is 1. The lowest BCUT2D eigenvalue weighted by molar-refractivity contribution is -0.123. The van der Waals surface area contributed by atoms with E-state index in [0.29, 0.717) is 22.8 Å². The lowest BCUT2D eigenvalue weighted by Gasteiger charge is -2.06. The van der Waals surface area contributed by atoms with E-state index >= 15 is 0 Å². The van der Waals surface area contributed by atoms with Gasteiger partial charge in [-0.1, -0.05) is 6.07 Å². The highest BCUT2D eigenvalue weighted by molar-refractivity contribution is 5.83. The Morgan fingerprint density at radius 1 is 1.17 bits per heavy atom. The summed E-state index contributed by atoms with van der Waals surface area (Å²) < 4.78 is 15.4. The number of nitrogens with one attached hydrogen (secondary N) is 1. The van der Waals surface area contributed by atoms with Crippen molar-refractivity contribution < 1.29 is 24.1 Å². The summed E-state index contributed by atoms with van der Waals surface area (Å²) in [7, 11) is 3.02. The van der Waals surface area contributed by atoms with Crippen LogP contribution < -0.4 is 19.6 Å². The van der Waals surface area contributed by atoms with Gasteiger partial charge in [-0.25, -0.2) is 5.43 Å². The van der Waals surface area contributed by atoms with E-state index in [0.717, 1.165) is 0 Å². The molecule has 0 heterocycles. The van der Waals surface area contributed by atoms with Crippen LogP contribution in [0.4, 0.5) is 0 Å². The Bertz CT molecular complexity index is 731. The molecule has 0 bridgehead atoms. The molecule has 2 rings (SSSR count). The van der Waals surface area contributed by atoms with Crippen LogP contribution in [0.5, 0.6) is 23.0 Å². The lowest BCUT2D eigenvalue weighted by atomic mass is 10.2. The second-order valence-corrected chi connectivity index (χ2v) is 4.69. The molecule has 0 atom stereocenters. The van der Waals surface area contributed by atoms with Crippen LogP contribution in [0.15, 0.2) is 47.6 Å². The molecule has 126 valence electrons. The van der Waals surface area contributed by atoms with Gasteiger partial charge in [-0.2, -0.15) is 5.10 Å². The maximum Gasteiger partial charge on any atom is 0.277 e. The Hall–Kier alpha value is -3.22. The Balaban J connectivity index is 1.83. The highest BCUT2D eigenvalue weighted by atomic mass is 16.5. The van der Waals surface area contributed by atoms with Crippen molar-refractivity contribution in [3.05, 3.63) is 48.0 Å². The molecule has 7 heteroatoms. The molecule has 24 heavy (non-hydrogen) atoms. The lowest BCUT2D eigenvalue weighted by Crippen LogP contribution is -2.24. The van der Waals surface area contributed by atoms with Gasteiger partial charge in [-0.15, -0.1) is 0 Å². The highest BCUT2D eigenvalue weighted by Gasteiger charge is 2.03. The van der Waals surface area contributed by atoms with Crippen LogP contribution in [0.25, 0.3) is 0 Å². The molecule has 0 unspecified atom stereocenters. The Morgan fingerprint density at radius 3 is 2.67 bits per heavy atom. The maximum absolute atomic E-state index is 11.7. The zero-order valence-electron chi connectivity index (χ0n) is 13.4. The van der Waals surface area contributed by atoms with Gasteiger partial charge >= 0.3 is 0 Å². The first-order valence-electron chi connectivity index (χ1n) is 7.08. The van der Waals surface area contributed by atoms with Crippen molar-refractivity contribution in [3.8, 4) is 23.0 Å². The fourth-order valence-electron chi connectivity index (χ4n) is 1.84. The summed E-state index contributed by atoms with van der Waals surface area (Å²) >= 11 is 0. The van der Waals surface area contributed by atoms with Crippen LogP contribution in [0.3, 0.4) is 0 Å². The molecule has 2 aromatic rings. The number of amides is 1. The van der Waals surface area contributed by atoms with E-state index < -0.39 is 5.91 Å². The predicted molar refractivity (Wildman–Crippen MR) is 88.9 cm³/mol. The number of benzene rings is 2. The van der Waals surface area contributed by atoms with Crippen molar-refractivity contribution in [3.63, 3.8) is 0 Å². The second kappa shape index (κ2) is 8.42. The first-order chi connectivity index (χ1) is 11.6. The third kappa shape index (κ3) is 4.91. The summed E-state index contributed by atoms with van der Waals surface area (Å²) in [4.78, 5) is 11.7. The number of carbonyl (C=O) groups is 1. The molecule has 0 saturated heterocycles. The molecule has 0 aliphatic heterocycles. The first kappa shape index (κ1) is 17.1. The van der Waals surface area contributed by atoms with E-state index in [-0.39, 0.29) is 12.4 Å². The van der Waals surface area contributed by atoms with E-state index in [9.17, 15) is 9.90 Å². The van der Waals surface area contributed by atoms with Crippen LogP contribution >= 0.6 is 0 Å². The minimum atomic E-state index is -0.410. The fraction of sp³-hybridized carbons (Fsp3) is 0.176. The van der Waals surface area contributed by atoms with Gasteiger partial charge in [-0.05, 0) is 35.9 Å². The van der Waals surface area contributed by atoms with E-state index in [2.05, 4.69) is 10.5 Å². The standard InChI is InChI=1S/C17H18N2O5/c1-22-13-4-3-5-14(9-13)24-11-17(21)19-18-10-12-6-7-16(23-2)15(20)8-12/h3-10,20H,11H2,1-2H3,(H,19,21)/b18-10+. The monoisotopic (exact) mass is 330 g/mol. The van der Waals surface area contributed by atoms with Crippen molar-refractivity contribution in [2.24, 2.45) is 5.10 Å². The van der Waals surface area contributed by atoms with Crippen molar-refractivity contribution in [2.45, 2.75) is 0 Å². The van der Waals surface area contributed by atoms with Crippen LogP contribution in [-0.4, -0.2) is 38.1 Å². The number of nitrogens with zero attached hydrogens (tertiary/aromatic N) is 1. The van der Waals surface area contributed by atoms with Crippen molar-refractivity contribution in [1.82, 2.24) is 5.43 Å². The van der Waals surface area contributed by atoms with E-state index in [4.69, 9.17) is 14.2 Å². The number of rotatable bonds is 7. The van der Waals surface area contributed by atoms with E-state index in [1.807, 2.05) is 0 Å². The van der Waals surface area contributed by atoms with Crippen LogP contribution in [0.1, 0.15) is 5.56 Å². The predicted octanol–water partition coefficient (Wildman–Crippen LogP) is 1.94. The Kier molecular flexibility index (Phi) is 6.01. The fourth-order valence-corrected chi connectivity index (χ4v) is 1.84. The first-order valence-corrected chi connectivity index (χ1v) is 7.08. The average Bonchev–Trinajstić information content (AvgIpc) is 2.60. The topological polar surface area (TPSA) is 89.4 Å². The number of phenols is 1. The molecule has 0 radical (unpaired) electrons. The normalized spacial score (nSPS) is 10.4. The SMILES string of the molecule is COc1cccc(OCC(=O)N/N=C/c2ccc(OC)c(O)c2)c1. The van der Waals surface area contributed by atoms with Gasteiger partial charge in [0.25, 0.3) is 5.91 Å². The molecule has 0 fully saturated rings. The quantitative estimate of drug-likeness (QED) is 0.598. The van der Waals surface area contributed by atoms with Gasteiger partial charge in [0.15, 0.2) is 18.1 Å². The molecule has 2 aromatic carbocycles. The molecule has 2 N–H and O–H groups in total. The van der Waals surface area contributed by atoms with Gasteiger partial charge in [0, 0.05) is 6.07 Å². The number of methoxy groups -OCH3 is 2. The summed E-state index contributed by atoms with van der Waals surface area (Å²) in [6, 6.07) is 11.7. The highest BCUT2D eigenvalue weighted by Crippen LogP contribution is 2.25. The minimum Gasteiger partial charge on any atom is -0.504 e. The number of hydrogen-bond donors (Lipinski definition) is 2. The number of carbonyl (C=O) groups excluding carboxylic acids is 1. The summed E-state index contributed by atoms with van der Waals surface area (Å²) in [6.07, 6.45) is 1.41. The largest absolute Gasteiger partial charge is 0.504 e. The molecule has 0 aliphatic rings. The van der Waals surface area contributed by atoms with E-state index in [1.54, 1.807) is 43.5 Å². The summed E-state index contributed by atoms with van der Waals surface area (Å²) in [6.45, 7) is -0.182. The van der Waals surface area contributed by atoms with Crippen molar-refractivity contribution in [2.75, 3.05) is 20.8 Å². The summed E-state index contributed by atoms with van der Waals surface area (Å²) in [5.74, 6) is 1.11. The molecule has 0 aliphatic carbocycles. The van der Waals surface area contributed by atoms with Crippen LogP contribution in [-0.2, 0) is 4.79 Å². The third-order valence-corrected chi connectivity index (χ3v) is 3.02. The van der Waals surface area contributed by atoms with Crippen LogP contribution in [0.2, 0.25) is 0 Å². The van der Waals surface area contributed by atoms with Crippen LogP contribution in [0, 0.1) is 0 Å². The molecule has 0 saturated carbocycles. The average molecular weight is 330 g/mol. The maximum atomic E-state index is 11.7. The van der Waals surface area contributed by atoms with Gasteiger partial charge in [0.1, 0.15) is 11.5 Å². The van der Waals surface area contributed by atoms with Gasteiger partial charge < -0.3 is 19.3 Å². The number of hydrazone groups is 1. The number of hydrogen-bond acceptors (Lipinski definition) is 6. The molecule has 0 aromatic heterocycles. The van der Waals surface area contributed by atoms with Gasteiger partial charge in [0.2, 0.25) is 0 Å². The number of ether oxygens (including phenoxy) is 3. The third-order valence-electron chi connectivity index (χ3n) is 3.02. The van der Waals surface area contributed by atoms with E-state index in [1.165, 1.54) is 19.4 Å². The Labute approximate surface area is 139 Å². The number of aromatic hydroxyl groups is 1. The smallest absolute Gasteiger partial charge is 0.277 e. The van der Waals surface area contributed by atoms with Gasteiger partial charge in [-0.3, -0.25) is 4.79 Å². The molecule has 1 amide bonds. The summed E-state index contributed by atoms with van der Waals surface area (Å²) in [5, 5.41) is 13.5. The molecular weight excluding hydrogens is 312 g/mol. The van der Waals surface area contributed by atoms with Crippen molar-refractivity contribution >= 4 is 12.1 Å². The zero-order chi connectivity index (χ0) is 17.4.